The van der Waals surface area contributed by atoms with Gasteiger partial charge in [0.25, 0.3) is 0 Å². The number of rotatable bonds is 5. The normalized spacial score (nSPS) is 8.67. The molecular formula is C26H24Co2N4O10+2. The van der Waals surface area contributed by atoms with Crippen LogP contribution in [0.15, 0.2) is 85.5 Å². The van der Waals surface area contributed by atoms with Crippen LogP contribution in [0.3, 0.4) is 0 Å². The molecule has 42 heavy (non-hydrogen) atoms. The van der Waals surface area contributed by atoms with Crippen molar-refractivity contribution in [3.8, 4) is 11.1 Å². The molecule has 16 heteroatoms. The molecule has 0 unspecified atom stereocenters. The molecule has 0 saturated carbocycles. The summed E-state index contributed by atoms with van der Waals surface area (Å²) in [5.74, 6) is -5.91. The molecule has 0 amide bonds. The van der Waals surface area contributed by atoms with Crippen molar-refractivity contribution in [1.82, 2.24) is 9.97 Å². The van der Waals surface area contributed by atoms with Gasteiger partial charge in [-0.2, -0.15) is 0 Å². The van der Waals surface area contributed by atoms with E-state index in [9.17, 15) is 39.6 Å². The molecule has 14 nitrogen and oxygen atoms in total. The minimum Gasteiger partial charge on any atom is -0.545 e. The minimum absolute atomic E-state index is 0. The number of carbonyl (C=O) groups excluding carboxylic acids is 4. The van der Waals surface area contributed by atoms with Gasteiger partial charge in [0.2, 0.25) is 0 Å². The third-order valence-corrected chi connectivity index (χ3v) is 4.55. The zero-order chi connectivity index (χ0) is 28.2. The van der Waals surface area contributed by atoms with Crippen molar-refractivity contribution < 1.29 is 84.1 Å². The topological polar surface area (TPSA) is 304 Å². The fourth-order valence-corrected chi connectivity index (χ4v) is 2.86. The first kappa shape index (κ1) is 41.6. The molecule has 10 N–H and O–H groups in total. The van der Waals surface area contributed by atoms with E-state index in [0.29, 0.717) is 0 Å². The average molecular weight is 670 g/mol. The van der Waals surface area contributed by atoms with E-state index < -0.39 is 23.9 Å². The van der Waals surface area contributed by atoms with Crippen LogP contribution in [0.5, 0.6) is 0 Å². The number of benzene rings is 2. The minimum atomic E-state index is -1.48. The van der Waals surface area contributed by atoms with Crippen LogP contribution in [-0.4, -0.2) is 33.8 Å². The van der Waals surface area contributed by atoms with E-state index in [1.807, 2.05) is 24.3 Å². The summed E-state index contributed by atoms with van der Waals surface area (Å²) in [6.45, 7) is 0. The molecule has 2 aromatic heterocycles. The van der Waals surface area contributed by atoms with Gasteiger partial charge in [-0.1, -0.05) is 0 Å². The van der Waals surface area contributed by atoms with Crippen LogP contribution in [0.1, 0.15) is 41.4 Å². The molecule has 2 heterocycles. The molecule has 0 aliphatic carbocycles. The number of nitrogens with zero attached hydrogens (tertiary/aromatic N) is 2. The Labute approximate surface area is 259 Å². The summed E-state index contributed by atoms with van der Waals surface area (Å²) in [6, 6.07) is 14.2. The summed E-state index contributed by atoms with van der Waals surface area (Å²) in [5.41, 5.74) is 11.8. The Kier molecular flexibility index (Phi) is 19.9. The van der Waals surface area contributed by atoms with Gasteiger partial charge < -0.3 is 62.0 Å². The monoisotopic (exact) mass is 670 g/mol. The van der Waals surface area contributed by atoms with Crippen molar-refractivity contribution in [3.05, 3.63) is 108 Å². The number of nitrogen functional groups attached to an aromatic ring is 2. The molecule has 224 valence electrons. The molecule has 0 aliphatic heterocycles. The van der Waals surface area contributed by atoms with Gasteiger partial charge in [-0.15, -0.1) is 0 Å². The van der Waals surface area contributed by atoms with Gasteiger partial charge in [-0.25, -0.2) is 0 Å². The van der Waals surface area contributed by atoms with Gasteiger partial charge in [-0.05, 0) is 94.0 Å². The van der Waals surface area contributed by atoms with Crippen LogP contribution in [0.4, 0.5) is 11.4 Å². The van der Waals surface area contributed by atoms with Crippen molar-refractivity contribution >= 4 is 35.3 Å². The van der Waals surface area contributed by atoms with Crippen molar-refractivity contribution in [2.24, 2.45) is 0 Å². The maximum atomic E-state index is 10.3. The van der Waals surface area contributed by atoms with E-state index in [1.54, 1.807) is 24.8 Å². The standard InChI is InChI=1S/C10H8N2.2C8H7NO4.2Co.2H2O/c1-5-11-6-2-9(1)10-3-7-12-8-4-10;2*9-6-2-4(7(10)11)1-5(3-6)8(12)13;;;;/h1-8H;2*1-3H,9H2,(H,10,11)(H,12,13);;;2*1H2/q;;;2*+2;;/p-2. The van der Waals surface area contributed by atoms with E-state index in [2.05, 4.69) is 9.97 Å². The van der Waals surface area contributed by atoms with E-state index in [0.717, 1.165) is 36.4 Å². The Hall–Kier alpha value is -4.85. The largest absolute Gasteiger partial charge is 2.00 e. The number of hydrogen-bond acceptors (Lipinski definition) is 12. The maximum absolute atomic E-state index is 10.3. The first-order chi connectivity index (χ1) is 18.0. The summed E-state index contributed by atoms with van der Waals surface area (Å²) in [4.78, 5) is 49.3. The second kappa shape index (κ2) is 20.1. The summed E-state index contributed by atoms with van der Waals surface area (Å²) >= 11 is 0. The van der Waals surface area contributed by atoms with Gasteiger partial charge in [0.05, 0.1) is 23.9 Å². The van der Waals surface area contributed by atoms with Crippen LogP contribution >= 0.6 is 0 Å². The number of aromatic nitrogens is 2. The van der Waals surface area contributed by atoms with E-state index in [-0.39, 0.29) is 78.1 Å². The number of carbonyl (C=O) groups is 4. The third kappa shape index (κ3) is 13.5. The van der Waals surface area contributed by atoms with Crippen LogP contribution in [-0.2, 0) is 44.5 Å². The Morgan fingerprint density at radius 3 is 0.881 bits per heavy atom. The van der Waals surface area contributed by atoms with Gasteiger partial charge in [-0.3, -0.25) is 9.97 Å². The SMILES string of the molecule is Nc1cc(C(=O)[O-])cc(C(=O)[O-])c1.Nc1cc(C(=O)[O-])cc(C(=O)[O-])c1.[Co+2].[Co+2].[OH3+].[OH3+].c1cc(-c2ccncc2)ccn1. The number of hydrogen-bond donors (Lipinski definition) is 2. The molecular weight excluding hydrogens is 646 g/mol. The molecule has 0 fully saturated rings. The Morgan fingerprint density at radius 2 is 0.690 bits per heavy atom. The summed E-state index contributed by atoms with van der Waals surface area (Å²) < 4.78 is 0. The number of nitrogens with two attached hydrogens (primary N) is 2. The molecule has 0 aliphatic rings. The van der Waals surface area contributed by atoms with Crippen molar-refractivity contribution in [1.29, 1.82) is 0 Å². The van der Waals surface area contributed by atoms with Gasteiger partial charge >= 0.3 is 33.6 Å². The summed E-state index contributed by atoms with van der Waals surface area (Å²) in [7, 11) is 0. The van der Waals surface area contributed by atoms with Crippen molar-refractivity contribution in [2.75, 3.05) is 11.5 Å². The average Bonchev–Trinajstić information content (AvgIpc) is 2.89. The first-order valence-corrected chi connectivity index (χ1v) is 10.4. The first-order valence-electron chi connectivity index (χ1n) is 10.4. The fourth-order valence-electron chi connectivity index (χ4n) is 2.86. The maximum Gasteiger partial charge on any atom is 2.00 e. The molecule has 0 spiro atoms. The number of anilines is 2. The van der Waals surface area contributed by atoms with E-state index in [4.69, 9.17) is 11.5 Å². The molecule has 0 atom stereocenters. The second-order valence-corrected chi connectivity index (χ2v) is 7.31. The third-order valence-electron chi connectivity index (χ3n) is 4.55. The fraction of sp³-hybridized carbons (Fsp3) is 0. The molecule has 4 aromatic rings. The van der Waals surface area contributed by atoms with Crippen LogP contribution < -0.4 is 31.9 Å². The Morgan fingerprint density at radius 1 is 0.476 bits per heavy atom. The Bertz CT molecular complexity index is 1280. The number of pyridine rings is 2. The number of carboxylic acids is 4. The van der Waals surface area contributed by atoms with Crippen molar-refractivity contribution in [2.45, 2.75) is 0 Å². The zero-order valence-corrected chi connectivity index (χ0v) is 23.3. The van der Waals surface area contributed by atoms with E-state index in [1.165, 1.54) is 11.1 Å². The van der Waals surface area contributed by atoms with Crippen molar-refractivity contribution in [3.63, 3.8) is 0 Å². The molecule has 4 rings (SSSR count). The summed E-state index contributed by atoms with van der Waals surface area (Å²) in [6.07, 6.45) is 7.15. The molecule has 2 radical (unpaired) electrons. The predicted molar refractivity (Wildman–Crippen MR) is 136 cm³/mol. The predicted octanol–water partition coefficient (Wildman–Crippen LogP) is -3.71. The second-order valence-electron chi connectivity index (χ2n) is 7.31. The molecule has 2 aromatic carbocycles. The van der Waals surface area contributed by atoms with Crippen LogP contribution in [0.25, 0.3) is 11.1 Å². The van der Waals surface area contributed by atoms with Gasteiger partial charge in [0.15, 0.2) is 0 Å². The zero-order valence-electron chi connectivity index (χ0n) is 21.2. The number of carboxylic acid groups (broad SMARTS) is 4. The summed E-state index contributed by atoms with van der Waals surface area (Å²) in [5, 5.41) is 41.4. The van der Waals surface area contributed by atoms with E-state index >= 15 is 0 Å². The quantitative estimate of drug-likeness (QED) is 0.153. The van der Waals surface area contributed by atoms with Gasteiger partial charge in [0.1, 0.15) is 0 Å². The van der Waals surface area contributed by atoms with Crippen LogP contribution in [0, 0.1) is 0 Å². The molecule has 0 bridgehead atoms. The molecule has 0 saturated heterocycles. The number of aromatic carboxylic acids is 4. The van der Waals surface area contributed by atoms with Gasteiger partial charge in [0, 0.05) is 36.2 Å². The smallest absolute Gasteiger partial charge is 0.545 e. The van der Waals surface area contributed by atoms with Crippen LogP contribution in [0.2, 0.25) is 0 Å². The Balaban J connectivity index is -0.000000519.